The molecule has 1 rings (SSSR count). The topological polar surface area (TPSA) is 3.24 Å². The maximum Gasteiger partial charge on any atom is 0.0156 e. The van der Waals surface area contributed by atoms with Crippen LogP contribution in [0, 0.1) is 5.41 Å². The monoisotopic (exact) mass is 155 g/mol. The van der Waals surface area contributed by atoms with Crippen LogP contribution in [0.5, 0.6) is 0 Å². The van der Waals surface area contributed by atoms with Crippen LogP contribution < -0.4 is 0 Å². The van der Waals surface area contributed by atoms with Gasteiger partial charge in [0.2, 0.25) is 0 Å². The summed E-state index contributed by atoms with van der Waals surface area (Å²) in [6.45, 7) is 10.6. The van der Waals surface area contributed by atoms with Gasteiger partial charge in [-0.25, -0.2) is 0 Å². The van der Waals surface area contributed by atoms with Crippen LogP contribution in [0.25, 0.3) is 0 Å². The van der Waals surface area contributed by atoms with Crippen molar-refractivity contribution in [2.75, 3.05) is 13.6 Å². The lowest BCUT2D eigenvalue weighted by Gasteiger charge is -2.27. The van der Waals surface area contributed by atoms with Crippen LogP contribution in [0.15, 0.2) is 0 Å². The molecule has 0 amide bonds. The first kappa shape index (κ1) is 9.05. The molecule has 66 valence electrons. The molecule has 1 nitrogen and oxygen atoms in total. The van der Waals surface area contributed by atoms with E-state index in [4.69, 9.17) is 0 Å². The predicted molar refractivity (Wildman–Crippen MR) is 49.7 cm³/mol. The van der Waals surface area contributed by atoms with Crippen LogP contribution in [-0.4, -0.2) is 24.0 Å². The smallest absolute Gasteiger partial charge is 0.0156 e. The zero-order valence-corrected chi connectivity index (χ0v) is 8.57. The summed E-state index contributed by atoms with van der Waals surface area (Å²) >= 11 is 0. The summed E-state index contributed by atoms with van der Waals surface area (Å²) in [7, 11) is 2.24. The van der Waals surface area contributed by atoms with Crippen molar-refractivity contribution in [2.45, 2.75) is 46.1 Å². The Balaban J connectivity index is 2.71. The molecule has 0 spiro atoms. The molecule has 1 heteroatoms. The van der Waals surface area contributed by atoms with Gasteiger partial charge in [-0.3, -0.25) is 0 Å². The Kier molecular flexibility index (Phi) is 2.04. The predicted octanol–water partition coefficient (Wildman–Crippen LogP) is 2.52. The molecule has 1 saturated heterocycles. The molecular weight excluding hydrogens is 134 g/mol. The average Bonchev–Trinajstić information content (AvgIpc) is 2.04. The zero-order chi connectivity index (χ0) is 8.70. The van der Waals surface area contributed by atoms with Crippen LogP contribution in [0.4, 0.5) is 0 Å². The summed E-state index contributed by atoms with van der Waals surface area (Å²) in [6.07, 6.45) is 2.65. The van der Waals surface area contributed by atoms with Crippen molar-refractivity contribution in [3.05, 3.63) is 0 Å². The number of likely N-dealkylation sites (tertiary alicyclic amines) is 1. The molecule has 0 bridgehead atoms. The van der Waals surface area contributed by atoms with Gasteiger partial charge >= 0.3 is 0 Å². The minimum absolute atomic E-state index is 0.421. The van der Waals surface area contributed by atoms with E-state index in [1.807, 2.05) is 0 Å². The summed E-state index contributed by atoms with van der Waals surface area (Å²) in [4.78, 5) is 2.48. The number of hydrogen-bond donors (Lipinski definition) is 0. The minimum Gasteiger partial charge on any atom is -0.301 e. The maximum atomic E-state index is 2.48. The van der Waals surface area contributed by atoms with Crippen molar-refractivity contribution in [3.8, 4) is 0 Å². The highest BCUT2D eigenvalue weighted by Gasteiger charge is 2.42. The Bertz CT molecular complexity index is 151. The molecule has 1 fully saturated rings. The molecule has 1 aliphatic rings. The Labute approximate surface area is 70.8 Å². The first-order chi connectivity index (χ1) is 4.90. The van der Waals surface area contributed by atoms with Gasteiger partial charge in [0.15, 0.2) is 0 Å². The molecule has 1 atom stereocenters. The van der Waals surface area contributed by atoms with Gasteiger partial charge in [-0.15, -0.1) is 0 Å². The molecule has 0 aromatic heterocycles. The highest BCUT2D eigenvalue weighted by atomic mass is 15.2. The number of rotatable bonds is 1. The van der Waals surface area contributed by atoms with Crippen molar-refractivity contribution in [3.63, 3.8) is 0 Å². The van der Waals surface area contributed by atoms with E-state index in [-0.39, 0.29) is 0 Å². The molecule has 0 aromatic carbocycles. The molecule has 0 aromatic rings. The molecular formula is C10H21N. The van der Waals surface area contributed by atoms with Gasteiger partial charge in [0.25, 0.3) is 0 Å². The van der Waals surface area contributed by atoms with Gasteiger partial charge in [-0.05, 0) is 39.2 Å². The largest absolute Gasteiger partial charge is 0.301 e. The first-order valence-electron chi connectivity index (χ1n) is 4.61. The van der Waals surface area contributed by atoms with Crippen molar-refractivity contribution < 1.29 is 0 Å². The Hall–Kier alpha value is -0.0400. The van der Waals surface area contributed by atoms with E-state index in [1.165, 1.54) is 19.4 Å². The van der Waals surface area contributed by atoms with Gasteiger partial charge in [0, 0.05) is 12.1 Å². The lowest BCUT2D eigenvalue weighted by Crippen LogP contribution is -2.34. The maximum absolute atomic E-state index is 2.48. The number of hydrogen-bond acceptors (Lipinski definition) is 1. The van der Waals surface area contributed by atoms with Gasteiger partial charge < -0.3 is 4.90 Å². The minimum atomic E-state index is 0.421. The Morgan fingerprint density at radius 3 is 2.00 bits per heavy atom. The van der Waals surface area contributed by atoms with E-state index in [1.54, 1.807) is 0 Å². The van der Waals surface area contributed by atoms with Crippen LogP contribution in [0.3, 0.4) is 0 Å². The molecule has 11 heavy (non-hydrogen) atoms. The summed E-state index contributed by atoms with van der Waals surface area (Å²) in [5.74, 6) is 0. The molecule has 0 radical (unpaired) electrons. The Morgan fingerprint density at radius 1 is 1.27 bits per heavy atom. The van der Waals surface area contributed by atoms with Crippen molar-refractivity contribution in [2.24, 2.45) is 5.41 Å². The highest BCUT2D eigenvalue weighted by molar-refractivity contribution is 4.96. The van der Waals surface area contributed by atoms with E-state index in [2.05, 4.69) is 39.6 Å². The molecule has 0 aliphatic carbocycles. The second-order valence-electron chi connectivity index (χ2n) is 5.01. The third kappa shape index (κ3) is 1.58. The average molecular weight is 155 g/mol. The first-order valence-corrected chi connectivity index (χ1v) is 4.61. The molecule has 1 aliphatic heterocycles. The fourth-order valence-electron chi connectivity index (χ4n) is 2.26. The summed E-state index contributed by atoms with van der Waals surface area (Å²) in [6, 6.07) is 0. The van der Waals surface area contributed by atoms with Crippen molar-refractivity contribution in [1.82, 2.24) is 4.90 Å². The standard InChI is InChI=1S/C10H21N/c1-6-10(4)7-9(2,3)11(5)8-10/h6-8H2,1-5H3. The lowest BCUT2D eigenvalue weighted by atomic mass is 9.82. The van der Waals surface area contributed by atoms with Crippen molar-refractivity contribution >= 4 is 0 Å². The van der Waals surface area contributed by atoms with Gasteiger partial charge in [-0.1, -0.05) is 13.8 Å². The van der Waals surface area contributed by atoms with Crippen LogP contribution >= 0.6 is 0 Å². The fraction of sp³-hybridized carbons (Fsp3) is 1.00. The fourth-order valence-corrected chi connectivity index (χ4v) is 2.26. The SMILES string of the molecule is CCC1(C)CN(C)C(C)(C)C1. The second-order valence-corrected chi connectivity index (χ2v) is 5.01. The van der Waals surface area contributed by atoms with Crippen molar-refractivity contribution in [1.29, 1.82) is 0 Å². The van der Waals surface area contributed by atoms with E-state index in [0.717, 1.165) is 0 Å². The second kappa shape index (κ2) is 2.48. The van der Waals surface area contributed by atoms with E-state index < -0.39 is 0 Å². The van der Waals surface area contributed by atoms with E-state index in [9.17, 15) is 0 Å². The van der Waals surface area contributed by atoms with E-state index in [0.29, 0.717) is 11.0 Å². The molecule has 0 N–H and O–H groups in total. The van der Waals surface area contributed by atoms with Gasteiger partial charge in [0.1, 0.15) is 0 Å². The van der Waals surface area contributed by atoms with Gasteiger partial charge in [-0.2, -0.15) is 0 Å². The quantitative estimate of drug-likeness (QED) is 0.562. The number of nitrogens with zero attached hydrogens (tertiary/aromatic N) is 1. The third-order valence-electron chi connectivity index (χ3n) is 3.37. The van der Waals surface area contributed by atoms with Crippen LogP contribution in [-0.2, 0) is 0 Å². The normalized spacial score (nSPS) is 37.9. The summed E-state index contributed by atoms with van der Waals surface area (Å²) in [5, 5.41) is 0. The molecule has 0 saturated carbocycles. The zero-order valence-electron chi connectivity index (χ0n) is 8.57. The molecule has 1 unspecified atom stereocenters. The van der Waals surface area contributed by atoms with Gasteiger partial charge in [0.05, 0.1) is 0 Å². The highest BCUT2D eigenvalue weighted by Crippen LogP contribution is 2.41. The third-order valence-corrected chi connectivity index (χ3v) is 3.37. The van der Waals surface area contributed by atoms with Crippen LogP contribution in [0.2, 0.25) is 0 Å². The Morgan fingerprint density at radius 2 is 1.82 bits per heavy atom. The van der Waals surface area contributed by atoms with E-state index >= 15 is 0 Å². The summed E-state index contributed by atoms with van der Waals surface area (Å²) in [5.41, 5.74) is 0.989. The summed E-state index contributed by atoms with van der Waals surface area (Å²) < 4.78 is 0. The molecule has 1 heterocycles. The lowest BCUT2D eigenvalue weighted by molar-refractivity contribution is 0.217. The van der Waals surface area contributed by atoms with Crippen LogP contribution in [0.1, 0.15) is 40.5 Å².